The highest BCUT2D eigenvalue weighted by Crippen LogP contribution is 2.28. The van der Waals surface area contributed by atoms with Crippen LogP contribution < -0.4 is 10.1 Å². The Labute approximate surface area is 147 Å². The molecule has 0 aliphatic heterocycles. The van der Waals surface area contributed by atoms with Gasteiger partial charge >= 0.3 is 11.9 Å². The standard InChI is InChI=1S/C17H21NO.C2H2O4/c1-14(13-18-2)17(15-9-5-3-6-10-15)19-16-11-7-4-8-12-16;3-1(4)2(5)6/h3-12,14,17-18H,13H2,1-2H3;(H,3,4)(H,5,6). The molecule has 2 rings (SSSR count). The molecule has 0 heterocycles. The maximum atomic E-state index is 9.10. The van der Waals surface area contributed by atoms with E-state index in [-0.39, 0.29) is 6.10 Å². The molecule has 0 amide bonds. The van der Waals surface area contributed by atoms with Gasteiger partial charge in [0.05, 0.1) is 0 Å². The highest BCUT2D eigenvalue weighted by Gasteiger charge is 2.20. The van der Waals surface area contributed by atoms with E-state index >= 15 is 0 Å². The maximum Gasteiger partial charge on any atom is 0.414 e. The molecule has 0 aromatic heterocycles. The lowest BCUT2D eigenvalue weighted by molar-refractivity contribution is -0.159. The summed E-state index contributed by atoms with van der Waals surface area (Å²) >= 11 is 0. The first-order chi connectivity index (χ1) is 12.0. The fraction of sp³-hybridized carbons (Fsp3) is 0.263. The van der Waals surface area contributed by atoms with E-state index in [9.17, 15) is 0 Å². The summed E-state index contributed by atoms with van der Waals surface area (Å²) in [5.41, 5.74) is 1.22. The molecule has 0 bridgehead atoms. The van der Waals surface area contributed by atoms with Crippen molar-refractivity contribution in [3.63, 3.8) is 0 Å². The Hall–Kier alpha value is -2.86. The van der Waals surface area contributed by atoms with Crippen LogP contribution in [-0.2, 0) is 9.59 Å². The normalized spacial score (nSPS) is 12.2. The lowest BCUT2D eigenvalue weighted by Gasteiger charge is -2.25. The van der Waals surface area contributed by atoms with E-state index < -0.39 is 11.9 Å². The second-order valence-corrected chi connectivity index (χ2v) is 5.41. The molecule has 25 heavy (non-hydrogen) atoms. The molecule has 0 saturated heterocycles. The molecule has 0 spiro atoms. The lowest BCUT2D eigenvalue weighted by atomic mass is 9.97. The zero-order chi connectivity index (χ0) is 18.7. The molecule has 0 saturated carbocycles. The van der Waals surface area contributed by atoms with E-state index in [1.165, 1.54) is 5.56 Å². The van der Waals surface area contributed by atoms with Gasteiger partial charge in [-0.2, -0.15) is 0 Å². The second-order valence-electron chi connectivity index (χ2n) is 5.41. The van der Waals surface area contributed by atoms with Gasteiger partial charge < -0.3 is 20.3 Å². The fourth-order valence-corrected chi connectivity index (χ4v) is 2.23. The Morgan fingerprint density at radius 1 is 0.960 bits per heavy atom. The van der Waals surface area contributed by atoms with E-state index in [1.807, 2.05) is 43.4 Å². The van der Waals surface area contributed by atoms with Crippen molar-refractivity contribution in [1.82, 2.24) is 5.32 Å². The summed E-state index contributed by atoms with van der Waals surface area (Å²) in [5, 5.41) is 18.0. The van der Waals surface area contributed by atoms with Crippen LogP contribution in [0.1, 0.15) is 18.6 Å². The number of carbonyl (C=O) groups is 2. The first kappa shape index (κ1) is 20.2. The largest absolute Gasteiger partial charge is 0.485 e. The topological polar surface area (TPSA) is 95.9 Å². The summed E-state index contributed by atoms with van der Waals surface area (Å²) in [6.45, 7) is 3.13. The first-order valence-electron chi connectivity index (χ1n) is 7.83. The van der Waals surface area contributed by atoms with Crippen LogP contribution in [0.2, 0.25) is 0 Å². The van der Waals surface area contributed by atoms with Crippen LogP contribution in [0.25, 0.3) is 0 Å². The van der Waals surface area contributed by atoms with Crippen molar-refractivity contribution in [3.05, 3.63) is 66.2 Å². The lowest BCUT2D eigenvalue weighted by Crippen LogP contribution is -2.25. The molecule has 0 fully saturated rings. The summed E-state index contributed by atoms with van der Waals surface area (Å²) in [6.07, 6.45) is 0.0658. The number of benzene rings is 2. The third-order valence-electron chi connectivity index (χ3n) is 3.36. The van der Waals surface area contributed by atoms with E-state index in [0.29, 0.717) is 5.92 Å². The fourth-order valence-electron chi connectivity index (χ4n) is 2.23. The quantitative estimate of drug-likeness (QED) is 0.697. The zero-order valence-electron chi connectivity index (χ0n) is 14.3. The van der Waals surface area contributed by atoms with Crippen molar-refractivity contribution in [2.45, 2.75) is 13.0 Å². The zero-order valence-corrected chi connectivity index (χ0v) is 14.3. The van der Waals surface area contributed by atoms with Crippen molar-refractivity contribution < 1.29 is 24.5 Å². The number of carboxylic acid groups (broad SMARTS) is 2. The Morgan fingerprint density at radius 2 is 1.44 bits per heavy atom. The number of hydrogen-bond acceptors (Lipinski definition) is 4. The van der Waals surface area contributed by atoms with Crippen LogP contribution in [0.4, 0.5) is 0 Å². The summed E-state index contributed by atoms with van der Waals surface area (Å²) in [5.74, 6) is -2.34. The van der Waals surface area contributed by atoms with Crippen LogP contribution in [0.5, 0.6) is 5.75 Å². The number of carboxylic acids is 2. The van der Waals surface area contributed by atoms with E-state index in [1.54, 1.807) is 0 Å². The van der Waals surface area contributed by atoms with Crippen LogP contribution in [-0.4, -0.2) is 35.7 Å². The monoisotopic (exact) mass is 345 g/mol. The summed E-state index contributed by atoms with van der Waals surface area (Å²) in [6, 6.07) is 20.4. The van der Waals surface area contributed by atoms with Gasteiger partial charge in [-0.3, -0.25) is 0 Å². The van der Waals surface area contributed by atoms with Gasteiger partial charge in [0, 0.05) is 12.5 Å². The van der Waals surface area contributed by atoms with Gasteiger partial charge in [0.1, 0.15) is 11.9 Å². The van der Waals surface area contributed by atoms with E-state index in [0.717, 1.165) is 12.3 Å². The number of aliphatic carboxylic acids is 2. The Balaban J connectivity index is 0.000000450. The molecule has 134 valence electrons. The number of rotatable bonds is 6. The van der Waals surface area contributed by atoms with Gasteiger partial charge in [-0.1, -0.05) is 55.5 Å². The minimum absolute atomic E-state index is 0.0658. The van der Waals surface area contributed by atoms with Gasteiger partial charge in [0.25, 0.3) is 0 Å². The average Bonchev–Trinajstić information content (AvgIpc) is 2.62. The Kier molecular flexibility index (Phi) is 8.74. The number of para-hydroxylation sites is 1. The maximum absolute atomic E-state index is 9.10. The van der Waals surface area contributed by atoms with Crippen LogP contribution in [0, 0.1) is 5.92 Å². The molecular formula is C19H23NO5. The van der Waals surface area contributed by atoms with E-state index in [2.05, 4.69) is 36.5 Å². The molecule has 6 heteroatoms. The minimum atomic E-state index is -1.82. The third kappa shape index (κ3) is 7.50. The first-order valence-corrected chi connectivity index (χ1v) is 7.83. The average molecular weight is 345 g/mol. The smallest absolute Gasteiger partial charge is 0.414 e. The molecule has 0 aliphatic rings. The van der Waals surface area contributed by atoms with Crippen LogP contribution in [0.3, 0.4) is 0 Å². The summed E-state index contributed by atoms with van der Waals surface area (Å²) < 4.78 is 6.17. The van der Waals surface area contributed by atoms with Gasteiger partial charge in [-0.15, -0.1) is 0 Å². The van der Waals surface area contributed by atoms with Crippen LogP contribution in [0.15, 0.2) is 60.7 Å². The van der Waals surface area contributed by atoms with Crippen molar-refractivity contribution >= 4 is 11.9 Å². The number of ether oxygens (including phenoxy) is 1. The third-order valence-corrected chi connectivity index (χ3v) is 3.36. The van der Waals surface area contributed by atoms with Gasteiger partial charge in [-0.05, 0) is 24.7 Å². The molecule has 2 aromatic carbocycles. The SMILES string of the molecule is CNCC(C)C(Oc1ccccc1)c1ccccc1.O=C(O)C(=O)O. The number of nitrogens with one attached hydrogen (secondary N) is 1. The molecule has 6 nitrogen and oxygen atoms in total. The summed E-state index contributed by atoms with van der Waals surface area (Å²) in [7, 11) is 1.97. The van der Waals surface area contributed by atoms with Gasteiger partial charge in [0.15, 0.2) is 0 Å². The highest BCUT2D eigenvalue weighted by atomic mass is 16.5. The molecular weight excluding hydrogens is 322 g/mol. The van der Waals surface area contributed by atoms with Gasteiger partial charge in [-0.25, -0.2) is 9.59 Å². The van der Waals surface area contributed by atoms with Gasteiger partial charge in [0.2, 0.25) is 0 Å². The molecule has 2 atom stereocenters. The Morgan fingerprint density at radius 3 is 1.88 bits per heavy atom. The van der Waals surface area contributed by atoms with Crippen LogP contribution >= 0.6 is 0 Å². The Bertz CT molecular complexity index is 633. The van der Waals surface area contributed by atoms with Crippen molar-refractivity contribution in [1.29, 1.82) is 0 Å². The van der Waals surface area contributed by atoms with Crippen molar-refractivity contribution in [2.75, 3.05) is 13.6 Å². The highest BCUT2D eigenvalue weighted by molar-refractivity contribution is 6.27. The second kappa shape index (κ2) is 10.8. The molecule has 3 N–H and O–H groups in total. The summed E-state index contributed by atoms with van der Waals surface area (Å²) in [4.78, 5) is 18.2. The minimum Gasteiger partial charge on any atom is -0.485 e. The van der Waals surface area contributed by atoms with E-state index in [4.69, 9.17) is 24.5 Å². The molecule has 0 aliphatic carbocycles. The number of hydrogen-bond donors (Lipinski definition) is 3. The predicted octanol–water partition coefficient (Wildman–Crippen LogP) is 2.82. The molecule has 2 unspecified atom stereocenters. The van der Waals surface area contributed by atoms with Crippen molar-refractivity contribution in [3.8, 4) is 5.75 Å². The predicted molar refractivity (Wildman–Crippen MR) is 94.6 cm³/mol. The molecule has 0 radical (unpaired) electrons. The van der Waals surface area contributed by atoms with Crippen molar-refractivity contribution in [2.24, 2.45) is 5.92 Å². The molecule has 2 aromatic rings.